The molecule has 0 radical (unpaired) electrons. The molecule has 0 spiro atoms. The van der Waals surface area contributed by atoms with Gasteiger partial charge in [0.1, 0.15) is 5.76 Å². The van der Waals surface area contributed by atoms with E-state index in [0.29, 0.717) is 6.54 Å². The molecular formula is C15H18N2O2S. The minimum Gasteiger partial charge on any atom is -0.469 e. The van der Waals surface area contributed by atoms with Crippen LogP contribution < -0.4 is 10.6 Å². The number of nitrogens with one attached hydrogen (secondary N) is 2. The molecule has 5 heteroatoms. The number of urea groups is 1. The van der Waals surface area contributed by atoms with Gasteiger partial charge in [-0.05, 0) is 38.0 Å². The van der Waals surface area contributed by atoms with E-state index in [1.54, 1.807) is 17.6 Å². The molecule has 1 atom stereocenters. The first-order valence-electron chi connectivity index (χ1n) is 6.88. The van der Waals surface area contributed by atoms with Crippen molar-refractivity contribution in [3.8, 4) is 0 Å². The largest absolute Gasteiger partial charge is 0.469 e. The second-order valence-electron chi connectivity index (χ2n) is 5.08. The zero-order valence-electron chi connectivity index (χ0n) is 11.4. The minimum absolute atomic E-state index is 0.0718. The fraction of sp³-hybridized carbons (Fsp3) is 0.400. The van der Waals surface area contributed by atoms with Crippen LogP contribution in [0.5, 0.6) is 0 Å². The SMILES string of the molecule is Cc1ccc(CNC(=O)NC2CCCc3occc32)s1. The molecule has 106 valence electrons. The third kappa shape index (κ3) is 2.88. The van der Waals surface area contributed by atoms with Gasteiger partial charge in [-0.25, -0.2) is 4.79 Å². The molecule has 2 aromatic rings. The highest BCUT2D eigenvalue weighted by atomic mass is 32.1. The van der Waals surface area contributed by atoms with Gasteiger partial charge in [-0.3, -0.25) is 0 Å². The molecule has 2 N–H and O–H groups in total. The van der Waals surface area contributed by atoms with Gasteiger partial charge in [-0.15, -0.1) is 11.3 Å². The molecule has 1 aliphatic carbocycles. The van der Waals surface area contributed by atoms with E-state index in [0.717, 1.165) is 30.6 Å². The quantitative estimate of drug-likeness (QED) is 0.908. The van der Waals surface area contributed by atoms with Gasteiger partial charge in [0.05, 0.1) is 18.8 Å². The standard InChI is InChI=1S/C15H18N2O2S/c1-10-5-6-11(20-10)9-16-15(18)17-13-3-2-4-14-12(13)7-8-19-14/h5-8,13H,2-4,9H2,1H3,(H2,16,17,18). The summed E-state index contributed by atoms with van der Waals surface area (Å²) in [5.41, 5.74) is 1.12. The average Bonchev–Trinajstić information content (AvgIpc) is 3.05. The number of carbonyl (C=O) groups is 1. The lowest BCUT2D eigenvalue weighted by molar-refractivity contribution is 0.235. The molecule has 0 saturated carbocycles. The molecule has 0 aliphatic heterocycles. The summed E-state index contributed by atoms with van der Waals surface area (Å²) in [4.78, 5) is 14.4. The van der Waals surface area contributed by atoms with Crippen LogP contribution in [0.4, 0.5) is 4.79 Å². The highest BCUT2D eigenvalue weighted by molar-refractivity contribution is 7.11. The molecule has 0 saturated heterocycles. The predicted octanol–water partition coefficient (Wildman–Crippen LogP) is 3.53. The van der Waals surface area contributed by atoms with Crippen molar-refractivity contribution in [3.63, 3.8) is 0 Å². The summed E-state index contributed by atoms with van der Waals surface area (Å²) in [6.45, 7) is 2.64. The Kier molecular flexibility index (Phi) is 3.78. The van der Waals surface area contributed by atoms with Crippen LogP contribution in [0.2, 0.25) is 0 Å². The van der Waals surface area contributed by atoms with Crippen LogP contribution in [0.15, 0.2) is 28.9 Å². The topological polar surface area (TPSA) is 54.3 Å². The highest BCUT2D eigenvalue weighted by Gasteiger charge is 2.23. The number of thiophene rings is 1. The van der Waals surface area contributed by atoms with E-state index in [4.69, 9.17) is 4.42 Å². The van der Waals surface area contributed by atoms with Crippen LogP contribution in [0.1, 0.15) is 40.0 Å². The molecule has 2 amide bonds. The molecule has 20 heavy (non-hydrogen) atoms. The number of rotatable bonds is 3. The monoisotopic (exact) mass is 290 g/mol. The first-order chi connectivity index (χ1) is 9.72. The van der Waals surface area contributed by atoms with Crippen molar-refractivity contribution in [1.82, 2.24) is 10.6 Å². The fourth-order valence-corrected chi connectivity index (χ4v) is 3.42. The van der Waals surface area contributed by atoms with E-state index in [9.17, 15) is 4.79 Å². The summed E-state index contributed by atoms with van der Waals surface area (Å²) in [5.74, 6) is 1.01. The van der Waals surface area contributed by atoms with Crippen molar-refractivity contribution in [3.05, 3.63) is 45.5 Å². The van der Waals surface area contributed by atoms with Crippen molar-refractivity contribution in [2.75, 3.05) is 0 Å². The van der Waals surface area contributed by atoms with Crippen molar-refractivity contribution in [2.24, 2.45) is 0 Å². The lowest BCUT2D eigenvalue weighted by Gasteiger charge is -2.22. The Morgan fingerprint density at radius 3 is 3.15 bits per heavy atom. The third-order valence-corrected chi connectivity index (χ3v) is 4.58. The maximum absolute atomic E-state index is 12.0. The fourth-order valence-electron chi connectivity index (χ4n) is 2.59. The van der Waals surface area contributed by atoms with Gasteiger partial charge in [0.2, 0.25) is 0 Å². The molecule has 0 aromatic carbocycles. The van der Waals surface area contributed by atoms with Gasteiger partial charge >= 0.3 is 6.03 Å². The maximum Gasteiger partial charge on any atom is 0.315 e. The Hall–Kier alpha value is -1.75. The third-order valence-electron chi connectivity index (χ3n) is 3.58. The molecular weight excluding hydrogens is 272 g/mol. The molecule has 1 aliphatic rings. The number of aryl methyl sites for hydroxylation is 2. The van der Waals surface area contributed by atoms with E-state index in [2.05, 4.69) is 29.7 Å². The Morgan fingerprint density at radius 1 is 1.45 bits per heavy atom. The Bertz CT molecular complexity index is 603. The van der Waals surface area contributed by atoms with Crippen LogP contribution in [-0.4, -0.2) is 6.03 Å². The first-order valence-corrected chi connectivity index (χ1v) is 7.70. The molecule has 2 heterocycles. The summed E-state index contributed by atoms with van der Waals surface area (Å²) in [6, 6.07) is 6.04. The molecule has 3 rings (SSSR count). The van der Waals surface area contributed by atoms with Crippen LogP contribution in [0.3, 0.4) is 0 Å². The van der Waals surface area contributed by atoms with Gasteiger partial charge in [-0.2, -0.15) is 0 Å². The summed E-state index contributed by atoms with van der Waals surface area (Å²) in [7, 11) is 0. The number of furan rings is 1. The van der Waals surface area contributed by atoms with E-state index in [-0.39, 0.29) is 12.1 Å². The van der Waals surface area contributed by atoms with Crippen molar-refractivity contribution < 1.29 is 9.21 Å². The Balaban J connectivity index is 1.55. The normalized spacial score (nSPS) is 17.6. The summed E-state index contributed by atoms with van der Waals surface area (Å²) < 4.78 is 5.43. The first kappa shape index (κ1) is 13.2. The minimum atomic E-state index is -0.116. The molecule has 4 nitrogen and oxygen atoms in total. The molecule has 2 aromatic heterocycles. The van der Waals surface area contributed by atoms with Crippen LogP contribution in [0, 0.1) is 6.92 Å². The lowest BCUT2D eigenvalue weighted by Crippen LogP contribution is -2.38. The van der Waals surface area contributed by atoms with E-state index in [1.165, 1.54) is 9.75 Å². The van der Waals surface area contributed by atoms with E-state index in [1.807, 2.05) is 6.07 Å². The predicted molar refractivity (Wildman–Crippen MR) is 78.8 cm³/mol. The zero-order chi connectivity index (χ0) is 13.9. The van der Waals surface area contributed by atoms with Crippen molar-refractivity contribution >= 4 is 17.4 Å². The average molecular weight is 290 g/mol. The van der Waals surface area contributed by atoms with Crippen LogP contribution in [-0.2, 0) is 13.0 Å². The Morgan fingerprint density at radius 2 is 2.35 bits per heavy atom. The van der Waals surface area contributed by atoms with Crippen molar-refractivity contribution in [2.45, 2.75) is 38.8 Å². The summed E-state index contributed by atoms with van der Waals surface area (Å²) in [6.07, 6.45) is 4.70. The second kappa shape index (κ2) is 5.71. The second-order valence-corrected chi connectivity index (χ2v) is 6.46. The van der Waals surface area contributed by atoms with Crippen molar-refractivity contribution in [1.29, 1.82) is 0 Å². The molecule has 0 bridgehead atoms. The number of hydrogen-bond donors (Lipinski definition) is 2. The number of fused-ring (bicyclic) bond motifs is 1. The molecule has 1 unspecified atom stereocenters. The maximum atomic E-state index is 12.0. The van der Waals surface area contributed by atoms with Crippen LogP contribution in [0.25, 0.3) is 0 Å². The Labute approximate surface area is 122 Å². The number of carbonyl (C=O) groups excluding carboxylic acids is 1. The lowest BCUT2D eigenvalue weighted by atomic mass is 9.93. The van der Waals surface area contributed by atoms with Gasteiger partial charge < -0.3 is 15.1 Å². The highest BCUT2D eigenvalue weighted by Crippen LogP contribution is 2.30. The van der Waals surface area contributed by atoms with E-state index >= 15 is 0 Å². The van der Waals surface area contributed by atoms with Gasteiger partial charge in [0.15, 0.2) is 0 Å². The van der Waals surface area contributed by atoms with Gasteiger partial charge in [0.25, 0.3) is 0 Å². The summed E-state index contributed by atoms with van der Waals surface area (Å²) >= 11 is 1.71. The van der Waals surface area contributed by atoms with Gasteiger partial charge in [0, 0.05) is 21.7 Å². The molecule has 0 fully saturated rings. The van der Waals surface area contributed by atoms with Gasteiger partial charge in [-0.1, -0.05) is 0 Å². The summed E-state index contributed by atoms with van der Waals surface area (Å²) in [5, 5.41) is 5.95. The number of amides is 2. The smallest absolute Gasteiger partial charge is 0.315 e. The number of hydrogen-bond acceptors (Lipinski definition) is 3. The zero-order valence-corrected chi connectivity index (χ0v) is 12.3. The van der Waals surface area contributed by atoms with Crippen LogP contribution >= 0.6 is 11.3 Å². The van der Waals surface area contributed by atoms with E-state index < -0.39 is 0 Å².